The number of hydrogen-bond acceptors (Lipinski definition) is 2. The number of carbonyl (C=O) groups is 2. The van der Waals surface area contributed by atoms with Gasteiger partial charge in [0.05, 0.1) is 0 Å². The Morgan fingerprint density at radius 1 is 1.04 bits per heavy atom. The van der Waals surface area contributed by atoms with Crippen LogP contribution in [0.4, 0.5) is 0 Å². The second-order valence-electron chi connectivity index (χ2n) is 6.16. The number of carbonyl (C=O) groups excluding carboxylic acids is 2. The predicted octanol–water partition coefficient (Wildman–Crippen LogP) is 4.94. The van der Waals surface area contributed by atoms with Crippen molar-refractivity contribution in [3.8, 4) is 11.1 Å². The van der Waals surface area contributed by atoms with E-state index in [4.69, 9.17) is 0 Å². The molecule has 2 rings (SSSR count). The van der Waals surface area contributed by atoms with E-state index >= 15 is 0 Å². The summed E-state index contributed by atoms with van der Waals surface area (Å²) in [4.78, 5) is 26.8. The van der Waals surface area contributed by atoms with E-state index in [1.807, 2.05) is 56.3 Å². The molecule has 0 radical (unpaired) electrons. The number of hydrogen-bond donors (Lipinski definition) is 0. The fourth-order valence-corrected chi connectivity index (χ4v) is 2.74. The summed E-state index contributed by atoms with van der Waals surface area (Å²) >= 11 is 0. The molecule has 2 amide bonds. The Morgan fingerprint density at radius 2 is 1.64 bits per heavy atom. The molecule has 3 heteroatoms. The van der Waals surface area contributed by atoms with Crippen LogP contribution in [0.25, 0.3) is 11.1 Å². The molecule has 0 N–H and O–H groups in total. The van der Waals surface area contributed by atoms with Gasteiger partial charge in [-0.3, -0.25) is 14.5 Å². The lowest BCUT2D eigenvalue weighted by Crippen LogP contribution is -2.40. The maximum absolute atomic E-state index is 12.8. The highest BCUT2D eigenvalue weighted by Crippen LogP contribution is 2.20. The van der Waals surface area contributed by atoms with Crippen LogP contribution in [0.2, 0.25) is 0 Å². The Kier molecular flexibility index (Phi) is 6.70. The summed E-state index contributed by atoms with van der Waals surface area (Å²) in [5.74, 6) is -0.613. The zero-order chi connectivity index (χ0) is 18.2. The van der Waals surface area contributed by atoms with E-state index in [1.54, 1.807) is 18.2 Å². The first-order valence-corrected chi connectivity index (χ1v) is 8.70. The van der Waals surface area contributed by atoms with Gasteiger partial charge in [0.2, 0.25) is 5.91 Å². The van der Waals surface area contributed by atoms with Crippen molar-refractivity contribution >= 4 is 11.8 Å². The summed E-state index contributed by atoms with van der Waals surface area (Å²) in [7, 11) is 0. The summed E-state index contributed by atoms with van der Waals surface area (Å²) in [6.45, 7) is 7.90. The van der Waals surface area contributed by atoms with Crippen molar-refractivity contribution in [2.75, 3.05) is 6.54 Å². The van der Waals surface area contributed by atoms with E-state index in [2.05, 4.69) is 6.58 Å². The lowest BCUT2D eigenvalue weighted by Gasteiger charge is -2.23. The Bertz CT molecular complexity index is 719. The van der Waals surface area contributed by atoms with E-state index in [0.29, 0.717) is 18.5 Å². The average molecular weight is 335 g/mol. The highest BCUT2D eigenvalue weighted by molar-refractivity contribution is 6.05. The molecule has 130 valence electrons. The number of nitrogens with zero attached hydrogens (tertiary/aromatic N) is 1. The summed E-state index contributed by atoms with van der Waals surface area (Å²) in [6, 6.07) is 17.4. The molecule has 0 aliphatic rings. The number of imide groups is 1. The molecule has 0 fully saturated rings. The summed E-state index contributed by atoms with van der Waals surface area (Å²) in [5, 5.41) is 0. The van der Waals surface area contributed by atoms with Crippen molar-refractivity contribution in [2.24, 2.45) is 5.92 Å². The first kappa shape index (κ1) is 18.7. The molecular weight excluding hydrogens is 310 g/mol. The van der Waals surface area contributed by atoms with Crippen molar-refractivity contribution in [2.45, 2.75) is 26.7 Å². The van der Waals surface area contributed by atoms with Crippen LogP contribution in [-0.2, 0) is 4.79 Å². The molecule has 0 aliphatic carbocycles. The van der Waals surface area contributed by atoms with Gasteiger partial charge in [0, 0.05) is 18.0 Å². The summed E-state index contributed by atoms with van der Waals surface area (Å²) in [6.07, 6.45) is 3.02. The molecular formula is C22H25NO2. The number of amides is 2. The van der Waals surface area contributed by atoms with Gasteiger partial charge in [0.15, 0.2) is 0 Å². The third kappa shape index (κ3) is 4.66. The smallest absolute Gasteiger partial charge is 0.260 e. The quantitative estimate of drug-likeness (QED) is 0.672. The Balaban J connectivity index is 2.21. The van der Waals surface area contributed by atoms with E-state index in [0.717, 1.165) is 17.5 Å². The van der Waals surface area contributed by atoms with Gasteiger partial charge >= 0.3 is 0 Å². The Hall–Kier alpha value is -2.68. The SMILES string of the molecule is C=CCC(C)C(=O)N(CCC)C(=O)c1ccc(-c2ccccc2)cc1. The minimum Gasteiger partial charge on any atom is -0.278 e. The molecule has 1 unspecified atom stereocenters. The minimum absolute atomic E-state index is 0.140. The van der Waals surface area contributed by atoms with E-state index in [9.17, 15) is 9.59 Å². The van der Waals surface area contributed by atoms with Gasteiger partial charge in [-0.15, -0.1) is 6.58 Å². The maximum Gasteiger partial charge on any atom is 0.260 e. The second kappa shape index (κ2) is 8.97. The largest absolute Gasteiger partial charge is 0.278 e. The third-order valence-corrected chi connectivity index (χ3v) is 4.14. The molecule has 25 heavy (non-hydrogen) atoms. The normalized spacial score (nSPS) is 11.6. The zero-order valence-electron chi connectivity index (χ0n) is 14.9. The van der Waals surface area contributed by atoms with Gasteiger partial charge in [-0.2, -0.15) is 0 Å². The van der Waals surface area contributed by atoms with Crippen molar-refractivity contribution in [1.29, 1.82) is 0 Å². The highest BCUT2D eigenvalue weighted by Gasteiger charge is 2.25. The van der Waals surface area contributed by atoms with Crippen molar-refractivity contribution < 1.29 is 9.59 Å². The van der Waals surface area contributed by atoms with E-state index in [-0.39, 0.29) is 17.7 Å². The van der Waals surface area contributed by atoms with Crippen LogP contribution in [0.5, 0.6) is 0 Å². The van der Waals surface area contributed by atoms with Crippen LogP contribution in [0.15, 0.2) is 67.3 Å². The summed E-state index contributed by atoms with van der Waals surface area (Å²) in [5.41, 5.74) is 2.68. The molecule has 0 aromatic heterocycles. The standard InChI is InChI=1S/C22H25NO2/c1-4-9-17(3)21(24)23(16-5-2)22(25)20-14-12-19(13-15-20)18-10-7-6-8-11-18/h4,6-8,10-15,17H,1,5,9,16H2,2-3H3. The van der Waals surface area contributed by atoms with E-state index < -0.39 is 0 Å². The van der Waals surface area contributed by atoms with Crippen molar-refractivity contribution in [3.63, 3.8) is 0 Å². The number of benzene rings is 2. The first-order chi connectivity index (χ1) is 12.1. The fraction of sp³-hybridized carbons (Fsp3) is 0.273. The Labute approximate surface area is 150 Å². The lowest BCUT2D eigenvalue weighted by atomic mass is 10.0. The van der Waals surface area contributed by atoms with Gasteiger partial charge in [-0.05, 0) is 36.1 Å². The Morgan fingerprint density at radius 3 is 2.20 bits per heavy atom. The number of allylic oxidation sites excluding steroid dienone is 1. The molecule has 1 atom stereocenters. The highest BCUT2D eigenvalue weighted by atomic mass is 16.2. The van der Waals surface area contributed by atoms with E-state index in [1.165, 1.54) is 4.90 Å². The molecule has 0 aliphatic heterocycles. The van der Waals surface area contributed by atoms with Crippen LogP contribution in [0.3, 0.4) is 0 Å². The van der Waals surface area contributed by atoms with Gasteiger partial charge in [0.1, 0.15) is 0 Å². The van der Waals surface area contributed by atoms with Crippen LogP contribution >= 0.6 is 0 Å². The summed E-state index contributed by atoms with van der Waals surface area (Å²) < 4.78 is 0. The van der Waals surface area contributed by atoms with Gasteiger partial charge in [-0.25, -0.2) is 0 Å². The van der Waals surface area contributed by atoms with Crippen LogP contribution in [-0.4, -0.2) is 23.3 Å². The van der Waals surface area contributed by atoms with Gasteiger partial charge in [0.25, 0.3) is 5.91 Å². The molecule has 2 aromatic rings. The van der Waals surface area contributed by atoms with Crippen molar-refractivity contribution in [3.05, 3.63) is 72.8 Å². The molecule has 0 bridgehead atoms. The third-order valence-electron chi connectivity index (χ3n) is 4.14. The first-order valence-electron chi connectivity index (χ1n) is 8.70. The topological polar surface area (TPSA) is 37.4 Å². The second-order valence-corrected chi connectivity index (χ2v) is 6.16. The monoisotopic (exact) mass is 335 g/mol. The molecule has 0 spiro atoms. The van der Waals surface area contributed by atoms with Crippen molar-refractivity contribution in [1.82, 2.24) is 4.90 Å². The fourth-order valence-electron chi connectivity index (χ4n) is 2.74. The van der Waals surface area contributed by atoms with Crippen LogP contribution in [0, 0.1) is 5.92 Å². The predicted molar refractivity (Wildman–Crippen MR) is 102 cm³/mol. The average Bonchev–Trinajstić information content (AvgIpc) is 2.66. The van der Waals surface area contributed by atoms with Crippen LogP contribution in [0.1, 0.15) is 37.0 Å². The zero-order valence-corrected chi connectivity index (χ0v) is 14.9. The molecule has 0 heterocycles. The van der Waals surface area contributed by atoms with Gasteiger partial charge in [-0.1, -0.05) is 62.4 Å². The maximum atomic E-state index is 12.8. The number of rotatable bonds is 7. The molecule has 0 saturated carbocycles. The molecule has 3 nitrogen and oxygen atoms in total. The van der Waals surface area contributed by atoms with Gasteiger partial charge < -0.3 is 0 Å². The molecule has 2 aromatic carbocycles. The molecule has 0 saturated heterocycles. The van der Waals surface area contributed by atoms with Crippen LogP contribution < -0.4 is 0 Å². The lowest BCUT2D eigenvalue weighted by molar-refractivity contribution is -0.132. The minimum atomic E-state index is -0.239.